The van der Waals surface area contributed by atoms with E-state index in [2.05, 4.69) is 5.32 Å². The normalized spacial score (nSPS) is 33.1. The molecule has 52 valence electrons. The van der Waals surface area contributed by atoms with E-state index in [0.29, 0.717) is 0 Å². The highest BCUT2D eigenvalue weighted by Gasteiger charge is 2.30. The van der Waals surface area contributed by atoms with Gasteiger partial charge in [0.15, 0.2) is 0 Å². The van der Waals surface area contributed by atoms with E-state index in [1.165, 1.54) is 0 Å². The largest absolute Gasteiger partial charge is 0.359 e. The molecule has 0 aromatic heterocycles. The first-order valence-electron chi connectivity index (χ1n) is 3.21. The summed E-state index contributed by atoms with van der Waals surface area (Å²) in [6.07, 6.45) is 1.72. The standard InChI is InChI=1S/C6H12N2O/c1-8-6(9)4-2-5(7)3-4/h4-5H,2-3,7H2,1H3,(H,8,9)/t4-,5+. The first kappa shape index (κ1) is 6.55. The molecular formula is C6H12N2O. The van der Waals surface area contributed by atoms with Gasteiger partial charge in [0.25, 0.3) is 0 Å². The molecule has 1 saturated carbocycles. The van der Waals surface area contributed by atoms with Crippen LogP contribution in [0, 0.1) is 5.92 Å². The van der Waals surface area contributed by atoms with E-state index in [1.807, 2.05) is 0 Å². The molecule has 0 spiro atoms. The quantitative estimate of drug-likeness (QED) is 0.498. The molecular weight excluding hydrogens is 116 g/mol. The molecule has 1 rings (SSSR count). The second-order valence-corrected chi connectivity index (χ2v) is 2.54. The Balaban J connectivity index is 2.23. The van der Waals surface area contributed by atoms with E-state index in [0.717, 1.165) is 12.8 Å². The maximum atomic E-state index is 10.8. The summed E-state index contributed by atoms with van der Waals surface area (Å²) >= 11 is 0. The third kappa shape index (κ3) is 1.21. The van der Waals surface area contributed by atoms with Gasteiger partial charge in [-0.15, -0.1) is 0 Å². The highest BCUT2D eigenvalue weighted by Crippen LogP contribution is 2.24. The summed E-state index contributed by atoms with van der Waals surface area (Å²) in [6.45, 7) is 0. The number of hydrogen-bond donors (Lipinski definition) is 2. The number of carbonyl (C=O) groups excluding carboxylic acids is 1. The molecule has 0 heterocycles. The second kappa shape index (κ2) is 2.35. The van der Waals surface area contributed by atoms with E-state index in [4.69, 9.17) is 5.73 Å². The number of nitrogens with two attached hydrogens (primary N) is 1. The number of amides is 1. The predicted molar refractivity (Wildman–Crippen MR) is 34.8 cm³/mol. The van der Waals surface area contributed by atoms with E-state index in [-0.39, 0.29) is 17.9 Å². The molecule has 0 aromatic rings. The van der Waals surface area contributed by atoms with E-state index in [1.54, 1.807) is 7.05 Å². The molecule has 3 N–H and O–H groups in total. The predicted octanol–water partition coefficient (Wildman–Crippen LogP) is -0.530. The highest BCUT2D eigenvalue weighted by atomic mass is 16.1. The summed E-state index contributed by atoms with van der Waals surface area (Å²) in [5, 5.41) is 2.59. The smallest absolute Gasteiger partial charge is 0.222 e. The van der Waals surface area contributed by atoms with Crippen LogP contribution in [0.5, 0.6) is 0 Å². The molecule has 3 nitrogen and oxygen atoms in total. The Morgan fingerprint density at radius 3 is 2.56 bits per heavy atom. The fourth-order valence-electron chi connectivity index (χ4n) is 1.08. The van der Waals surface area contributed by atoms with Crippen LogP contribution in [0.15, 0.2) is 0 Å². The molecule has 0 bridgehead atoms. The van der Waals surface area contributed by atoms with Crippen molar-refractivity contribution < 1.29 is 4.79 Å². The minimum Gasteiger partial charge on any atom is -0.359 e. The number of rotatable bonds is 1. The monoisotopic (exact) mass is 128 g/mol. The van der Waals surface area contributed by atoms with Crippen LogP contribution in [0.3, 0.4) is 0 Å². The van der Waals surface area contributed by atoms with Gasteiger partial charge in [0.05, 0.1) is 0 Å². The molecule has 0 saturated heterocycles. The van der Waals surface area contributed by atoms with Crippen molar-refractivity contribution in [3.8, 4) is 0 Å². The number of carbonyl (C=O) groups is 1. The lowest BCUT2D eigenvalue weighted by molar-refractivity contribution is -0.127. The summed E-state index contributed by atoms with van der Waals surface area (Å²) in [5.41, 5.74) is 5.48. The fraction of sp³-hybridized carbons (Fsp3) is 0.833. The van der Waals surface area contributed by atoms with Crippen LogP contribution in [-0.2, 0) is 4.79 Å². The van der Waals surface area contributed by atoms with Crippen molar-refractivity contribution in [3.05, 3.63) is 0 Å². The van der Waals surface area contributed by atoms with Crippen molar-refractivity contribution in [3.63, 3.8) is 0 Å². The zero-order valence-corrected chi connectivity index (χ0v) is 5.55. The lowest BCUT2D eigenvalue weighted by Crippen LogP contribution is -2.44. The minimum atomic E-state index is 0.136. The molecule has 0 aromatic carbocycles. The first-order chi connectivity index (χ1) is 4.24. The molecule has 1 amide bonds. The molecule has 1 aliphatic rings. The van der Waals surface area contributed by atoms with Gasteiger partial charge in [-0.2, -0.15) is 0 Å². The van der Waals surface area contributed by atoms with Crippen molar-refractivity contribution >= 4 is 5.91 Å². The lowest BCUT2D eigenvalue weighted by Gasteiger charge is -2.30. The van der Waals surface area contributed by atoms with Crippen LogP contribution in [0.25, 0.3) is 0 Å². The van der Waals surface area contributed by atoms with Crippen molar-refractivity contribution in [2.45, 2.75) is 18.9 Å². The van der Waals surface area contributed by atoms with Gasteiger partial charge in [0.2, 0.25) is 5.91 Å². The Morgan fingerprint density at radius 2 is 2.22 bits per heavy atom. The number of nitrogens with one attached hydrogen (secondary N) is 1. The third-order valence-electron chi connectivity index (χ3n) is 1.79. The van der Waals surface area contributed by atoms with Gasteiger partial charge < -0.3 is 11.1 Å². The Bertz CT molecular complexity index is 118. The maximum absolute atomic E-state index is 10.8. The van der Waals surface area contributed by atoms with Gasteiger partial charge in [-0.05, 0) is 12.8 Å². The molecule has 0 unspecified atom stereocenters. The third-order valence-corrected chi connectivity index (χ3v) is 1.79. The van der Waals surface area contributed by atoms with Crippen LogP contribution < -0.4 is 11.1 Å². The van der Waals surface area contributed by atoms with Crippen LogP contribution >= 0.6 is 0 Å². The fourth-order valence-corrected chi connectivity index (χ4v) is 1.08. The van der Waals surface area contributed by atoms with Crippen molar-refractivity contribution in [1.29, 1.82) is 0 Å². The van der Waals surface area contributed by atoms with E-state index in [9.17, 15) is 4.79 Å². The van der Waals surface area contributed by atoms with Gasteiger partial charge in [-0.3, -0.25) is 4.79 Å². The maximum Gasteiger partial charge on any atom is 0.222 e. The molecule has 0 radical (unpaired) electrons. The first-order valence-corrected chi connectivity index (χ1v) is 3.21. The summed E-state index contributed by atoms with van der Waals surface area (Å²) in [6, 6.07) is 0.271. The zero-order chi connectivity index (χ0) is 6.85. The van der Waals surface area contributed by atoms with Gasteiger partial charge >= 0.3 is 0 Å². The van der Waals surface area contributed by atoms with Gasteiger partial charge in [0, 0.05) is 19.0 Å². The van der Waals surface area contributed by atoms with Crippen molar-refractivity contribution in [2.75, 3.05) is 7.05 Å². The topological polar surface area (TPSA) is 55.1 Å². The lowest BCUT2D eigenvalue weighted by atomic mass is 9.80. The van der Waals surface area contributed by atoms with Crippen LogP contribution in [0.1, 0.15) is 12.8 Å². The Morgan fingerprint density at radius 1 is 1.67 bits per heavy atom. The van der Waals surface area contributed by atoms with Gasteiger partial charge in [-0.1, -0.05) is 0 Å². The highest BCUT2D eigenvalue weighted by molar-refractivity contribution is 5.79. The minimum absolute atomic E-state index is 0.136. The van der Waals surface area contributed by atoms with Crippen molar-refractivity contribution in [2.24, 2.45) is 11.7 Å². The molecule has 0 aliphatic heterocycles. The van der Waals surface area contributed by atoms with Crippen LogP contribution in [0.4, 0.5) is 0 Å². The number of hydrogen-bond acceptors (Lipinski definition) is 2. The summed E-state index contributed by atoms with van der Waals surface area (Å²) in [5.74, 6) is 0.335. The summed E-state index contributed by atoms with van der Waals surface area (Å²) in [4.78, 5) is 10.8. The Hall–Kier alpha value is -0.570. The van der Waals surface area contributed by atoms with Crippen molar-refractivity contribution in [1.82, 2.24) is 5.32 Å². The molecule has 3 heteroatoms. The van der Waals surface area contributed by atoms with E-state index < -0.39 is 0 Å². The van der Waals surface area contributed by atoms with Crippen LogP contribution in [-0.4, -0.2) is 19.0 Å². The average molecular weight is 128 g/mol. The van der Waals surface area contributed by atoms with Gasteiger partial charge in [0.1, 0.15) is 0 Å². The Kier molecular flexibility index (Phi) is 1.71. The average Bonchev–Trinajstić information content (AvgIpc) is 1.79. The molecule has 1 fully saturated rings. The Labute approximate surface area is 54.6 Å². The summed E-state index contributed by atoms with van der Waals surface area (Å²) < 4.78 is 0. The molecule has 1 aliphatic carbocycles. The molecule has 9 heavy (non-hydrogen) atoms. The second-order valence-electron chi connectivity index (χ2n) is 2.54. The summed E-state index contributed by atoms with van der Waals surface area (Å²) in [7, 11) is 1.66. The van der Waals surface area contributed by atoms with Crippen LogP contribution in [0.2, 0.25) is 0 Å². The molecule has 0 atom stereocenters. The zero-order valence-electron chi connectivity index (χ0n) is 5.55. The SMILES string of the molecule is CNC(=O)[C@H]1C[C@@H](N)C1. The van der Waals surface area contributed by atoms with Gasteiger partial charge in [-0.25, -0.2) is 0 Å². The van der Waals surface area contributed by atoms with E-state index >= 15 is 0 Å².